The molecule has 2 heterocycles. The van der Waals surface area contributed by atoms with E-state index in [4.69, 9.17) is 4.42 Å². The van der Waals surface area contributed by atoms with Gasteiger partial charge in [0.15, 0.2) is 0 Å². The molecular weight excluding hydrogens is 298 g/mol. The molecule has 1 unspecified atom stereocenters. The number of aryl methyl sites for hydroxylation is 1. The first-order chi connectivity index (χ1) is 8.60. The molecular formula is C11H14BrN5O. The molecule has 0 fully saturated rings. The van der Waals surface area contributed by atoms with E-state index in [1.165, 1.54) is 0 Å². The van der Waals surface area contributed by atoms with Crippen molar-refractivity contribution in [3.05, 3.63) is 28.5 Å². The van der Waals surface area contributed by atoms with E-state index in [0.29, 0.717) is 17.7 Å². The molecule has 0 saturated heterocycles. The van der Waals surface area contributed by atoms with E-state index in [1.54, 1.807) is 19.4 Å². The lowest BCUT2D eigenvalue weighted by atomic mass is 10.3. The fourth-order valence-corrected chi connectivity index (χ4v) is 1.73. The maximum atomic E-state index is 5.47. The third-order valence-corrected chi connectivity index (χ3v) is 2.91. The molecule has 0 saturated carbocycles. The van der Waals surface area contributed by atoms with Gasteiger partial charge in [-0.25, -0.2) is 9.97 Å². The van der Waals surface area contributed by atoms with Crippen molar-refractivity contribution >= 4 is 27.7 Å². The fraction of sp³-hybridized carbons (Fsp3) is 0.364. The highest BCUT2D eigenvalue weighted by molar-refractivity contribution is 9.10. The van der Waals surface area contributed by atoms with Gasteiger partial charge in [0.05, 0.1) is 10.7 Å². The molecule has 0 aromatic carbocycles. The summed E-state index contributed by atoms with van der Waals surface area (Å²) >= 11 is 3.40. The molecule has 1 atom stereocenters. The van der Waals surface area contributed by atoms with Crippen LogP contribution >= 0.6 is 15.9 Å². The zero-order chi connectivity index (χ0) is 13.1. The highest BCUT2D eigenvalue weighted by Gasteiger charge is 2.14. The largest absolute Gasteiger partial charge is 0.444 e. The Hall–Kier alpha value is -1.63. The Bertz CT molecular complexity index is 542. The van der Waals surface area contributed by atoms with E-state index in [9.17, 15) is 0 Å². The standard InChI is InChI=1S/C11H14BrN5O/c1-6-4-14-10(18-6)7(2)16-9-8(12)5-15-11(13-3)17-9/h4-5,7H,1-3H3,(H2,13,15,16,17). The monoisotopic (exact) mass is 311 g/mol. The van der Waals surface area contributed by atoms with Crippen LogP contribution in [0.1, 0.15) is 24.6 Å². The Morgan fingerprint density at radius 3 is 2.72 bits per heavy atom. The molecule has 0 spiro atoms. The summed E-state index contributed by atoms with van der Waals surface area (Å²) in [5.41, 5.74) is 0. The first-order valence-corrected chi connectivity index (χ1v) is 6.28. The van der Waals surface area contributed by atoms with Gasteiger partial charge >= 0.3 is 0 Å². The van der Waals surface area contributed by atoms with Crippen molar-refractivity contribution < 1.29 is 4.42 Å². The van der Waals surface area contributed by atoms with Crippen LogP contribution in [0.4, 0.5) is 11.8 Å². The number of nitrogens with one attached hydrogen (secondary N) is 2. The average Bonchev–Trinajstić information content (AvgIpc) is 2.79. The maximum absolute atomic E-state index is 5.47. The normalized spacial score (nSPS) is 12.2. The topological polar surface area (TPSA) is 75.9 Å². The minimum absolute atomic E-state index is 0.0744. The Morgan fingerprint density at radius 2 is 2.11 bits per heavy atom. The summed E-state index contributed by atoms with van der Waals surface area (Å²) in [7, 11) is 1.77. The molecule has 0 radical (unpaired) electrons. The second-order valence-corrected chi connectivity index (χ2v) is 4.67. The Kier molecular flexibility index (Phi) is 3.81. The van der Waals surface area contributed by atoms with Crippen LogP contribution in [0.3, 0.4) is 0 Å². The summed E-state index contributed by atoms with van der Waals surface area (Å²) in [4.78, 5) is 12.6. The van der Waals surface area contributed by atoms with Crippen molar-refractivity contribution in [3.63, 3.8) is 0 Å². The summed E-state index contributed by atoms with van der Waals surface area (Å²) in [6.45, 7) is 3.82. The van der Waals surface area contributed by atoms with Gasteiger partial charge in [-0.15, -0.1) is 0 Å². The van der Waals surface area contributed by atoms with Crippen molar-refractivity contribution in [2.45, 2.75) is 19.9 Å². The highest BCUT2D eigenvalue weighted by atomic mass is 79.9. The van der Waals surface area contributed by atoms with Crippen LogP contribution in [0.5, 0.6) is 0 Å². The summed E-state index contributed by atoms with van der Waals surface area (Å²) in [5.74, 6) is 2.66. The van der Waals surface area contributed by atoms with Gasteiger partial charge in [-0.05, 0) is 29.8 Å². The van der Waals surface area contributed by atoms with Gasteiger partial charge in [-0.1, -0.05) is 0 Å². The smallest absolute Gasteiger partial charge is 0.224 e. The van der Waals surface area contributed by atoms with E-state index in [2.05, 4.69) is 41.5 Å². The number of anilines is 2. The predicted molar refractivity (Wildman–Crippen MR) is 72.6 cm³/mol. The van der Waals surface area contributed by atoms with Crippen molar-refractivity contribution in [3.8, 4) is 0 Å². The molecule has 2 N–H and O–H groups in total. The van der Waals surface area contributed by atoms with Gasteiger partial charge in [0.25, 0.3) is 0 Å². The van der Waals surface area contributed by atoms with Gasteiger partial charge in [0.1, 0.15) is 17.6 Å². The molecule has 6 nitrogen and oxygen atoms in total. The average molecular weight is 312 g/mol. The molecule has 0 bridgehead atoms. The lowest BCUT2D eigenvalue weighted by molar-refractivity contribution is 0.453. The Labute approximate surface area is 113 Å². The first-order valence-electron chi connectivity index (χ1n) is 5.49. The molecule has 0 aliphatic heterocycles. The molecule has 96 valence electrons. The van der Waals surface area contributed by atoms with Crippen LogP contribution < -0.4 is 10.6 Å². The zero-order valence-corrected chi connectivity index (χ0v) is 11.9. The molecule has 0 aliphatic carbocycles. The number of oxazole rings is 1. The molecule has 2 rings (SSSR count). The zero-order valence-electron chi connectivity index (χ0n) is 10.4. The van der Waals surface area contributed by atoms with Crippen molar-refractivity contribution in [1.82, 2.24) is 15.0 Å². The SMILES string of the molecule is CNc1ncc(Br)c(NC(C)c2ncc(C)o2)n1. The van der Waals surface area contributed by atoms with Crippen LogP contribution in [0.2, 0.25) is 0 Å². The van der Waals surface area contributed by atoms with E-state index < -0.39 is 0 Å². The van der Waals surface area contributed by atoms with Crippen molar-refractivity contribution in [1.29, 1.82) is 0 Å². The van der Waals surface area contributed by atoms with E-state index in [-0.39, 0.29) is 6.04 Å². The number of rotatable bonds is 4. The summed E-state index contributed by atoms with van der Waals surface area (Å²) in [6.07, 6.45) is 3.39. The van der Waals surface area contributed by atoms with Crippen molar-refractivity contribution in [2.75, 3.05) is 17.7 Å². The second kappa shape index (κ2) is 5.34. The number of hydrogen-bond donors (Lipinski definition) is 2. The third-order valence-electron chi connectivity index (χ3n) is 2.33. The van der Waals surface area contributed by atoms with Crippen molar-refractivity contribution in [2.24, 2.45) is 0 Å². The highest BCUT2D eigenvalue weighted by Crippen LogP contribution is 2.24. The minimum Gasteiger partial charge on any atom is -0.444 e. The van der Waals surface area contributed by atoms with E-state index >= 15 is 0 Å². The molecule has 7 heteroatoms. The van der Waals surface area contributed by atoms with Crippen LogP contribution in [0, 0.1) is 6.92 Å². The van der Waals surface area contributed by atoms with Crippen LogP contribution in [-0.4, -0.2) is 22.0 Å². The van der Waals surface area contributed by atoms with Crippen LogP contribution in [0.25, 0.3) is 0 Å². The van der Waals surface area contributed by atoms with Crippen LogP contribution in [0.15, 0.2) is 21.3 Å². The van der Waals surface area contributed by atoms with Crippen LogP contribution in [-0.2, 0) is 0 Å². The van der Waals surface area contributed by atoms with Gasteiger partial charge in [0.2, 0.25) is 11.8 Å². The number of halogens is 1. The first kappa shape index (κ1) is 12.8. The summed E-state index contributed by atoms with van der Waals surface area (Å²) in [6, 6.07) is -0.0744. The molecule has 0 amide bonds. The minimum atomic E-state index is -0.0744. The van der Waals surface area contributed by atoms with Gasteiger partial charge in [-0.3, -0.25) is 0 Å². The summed E-state index contributed by atoms with van der Waals surface area (Å²) < 4.78 is 6.25. The van der Waals surface area contributed by atoms with E-state index in [1.807, 2.05) is 13.8 Å². The molecule has 18 heavy (non-hydrogen) atoms. The lowest BCUT2D eigenvalue weighted by Crippen LogP contribution is -2.10. The number of nitrogens with zero attached hydrogens (tertiary/aromatic N) is 3. The Morgan fingerprint density at radius 1 is 1.33 bits per heavy atom. The quantitative estimate of drug-likeness (QED) is 0.904. The number of aromatic nitrogens is 3. The van der Waals surface area contributed by atoms with E-state index in [0.717, 1.165) is 10.2 Å². The van der Waals surface area contributed by atoms with Gasteiger partial charge in [0, 0.05) is 13.2 Å². The molecule has 2 aromatic heterocycles. The lowest BCUT2D eigenvalue weighted by Gasteiger charge is -2.13. The predicted octanol–water partition coefficient (Wildman–Crippen LogP) is 2.75. The summed E-state index contributed by atoms with van der Waals surface area (Å²) in [5, 5.41) is 6.11. The second-order valence-electron chi connectivity index (χ2n) is 3.82. The molecule has 2 aromatic rings. The Balaban J connectivity index is 2.18. The van der Waals surface area contributed by atoms with Gasteiger partial charge in [-0.2, -0.15) is 4.98 Å². The van der Waals surface area contributed by atoms with Gasteiger partial charge < -0.3 is 15.1 Å². The third kappa shape index (κ3) is 2.79. The maximum Gasteiger partial charge on any atom is 0.224 e. The number of hydrogen-bond acceptors (Lipinski definition) is 6. The fourth-order valence-electron chi connectivity index (χ4n) is 1.43. The molecule has 0 aliphatic rings.